The maximum atomic E-state index is 12.0. The second kappa shape index (κ2) is 5.74. The highest BCUT2D eigenvalue weighted by Crippen LogP contribution is 2.22. The van der Waals surface area contributed by atoms with Crippen molar-refractivity contribution >= 4 is 5.91 Å². The van der Waals surface area contributed by atoms with Crippen LogP contribution in [-0.4, -0.2) is 25.2 Å². The van der Waals surface area contributed by atoms with Crippen LogP contribution in [0.1, 0.15) is 49.5 Å². The molecule has 2 rings (SSSR count). The third-order valence-electron chi connectivity index (χ3n) is 3.53. The number of carbonyl (C=O) groups is 1. The lowest BCUT2D eigenvalue weighted by Crippen LogP contribution is -2.31. The van der Waals surface area contributed by atoms with Gasteiger partial charge in [0.1, 0.15) is 0 Å². The van der Waals surface area contributed by atoms with Crippen LogP contribution in [0.5, 0.6) is 0 Å². The predicted molar refractivity (Wildman–Crippen MR) is 76.4 cm³/mol. The van der Waals surface area contributed by atoms with Gasteiger partial charge in [-0.1, -0.05) is 32.9 Å². The number of benzene rings is 1. The molecule has 1 N–H and O–H groups in total. The highest BCUT2D eigenvalue weighted by atomic mass is 16.5. The molecule has 1 heterocycles. The lowest BCUT2D eigenvalue weighted by molar-refractivity contribution is 0.0857. The molecule has 0 aromatic heterocycles. The summed E-state index contributed by atoms with van der Waals surface area (Å²) >= 11 is 0. The Labute approximate surface area is 115 Å². The van der Waals surface area contributed by atoms with Crippen molar-refractivity contribution in [3.05, 3.63) is 35.4 Å². The molecule has 104 valence electrons. The van der Waals surface area contributed by atoms with Crippen molar-refractivity contribution in [1.29, 1.82) is 0 Å². The van der Waals surface area contributed by atoms with Crippen LogP contribution >= 0.6 is 0 Å². The first-order valence-electron chi connectivity index (χ1n) is 6.97. The molecule has 1 amide bonds. The lowest BCUT2D eigenvalue weighted by atomic mass is 9.87. The van der Waals surface area contributed by atoms with E-state index in [-0.39, 0.29) is 17.4 Å². The number of amides is 1. The molecule has 0 aliphatic carbocycles. The Morgan fingerprint density at radius 1 is 1.32 bits per heavy atom. The topological polar surface area (TPSA) is 38.3 Å². The van der Waals surface area contributed by atoms with E-state index in [2.05, 4.69) is 26.1 Å². The van der Waals surface area contributed by atoms with Gasteiger partial charge in [0.2, 0.25) is 0 Å². The molecule has 0 radical (unpaired) electrons. The van der Waals surface area contributed by atoms with Crippen molar-refractivity contribution in [3.63, 3.8) is 0 Å². The van der Waals surface area contributed by atoms with Crippen LogP contribution < -0.4 is 5.32 Å². The summed E-state index contributed by atoms with van der Waals surface area (Å²) in [5.41, 5.74) is 2.07. The third-order valence-corrected chi connectivity index (χ3v) is 3.53. The lowest BCUT2D eigenvalue weighted by Gasteiger charge is -2.19. The third kappa shape index (κ3) is 3.80. The van der Waals surface area contributed by atoms with Gasteiger partial charge in [-0.3, -0.25) is 4.79 Å². The summed E-state index contributed by atoms with van der Waals surface area (Å²) in [6, 6.07) is 7.85. The van der Waals surface area contributed by atoms with E-state index in [0.29, 0.717) is 12.1 Å². The van der Waals surface area contributed by atoms with Gasteiger partial charge in [-0.15, -0.1) is 0 Å². The van der Waals surface area contributed by atoms with Crippen LogP contribution in [0.4, 0.5) is 0 Å². The first-order chi connectivity index (χ1) is 8.97. The van der Waals surface area contributed by atoms with Gasteiger partial charge in [0, 0.05) is 18.7 Å². The zero-order valence-electron chi connectivity index (χ0n) is 12.0. The summed E-state index contributed by atoms with van der Waals surface area (Å²) in [5.74, 6) is -0.0176. The van der Waals surface area contributed by atoms with Gasteiger partial charge < -0.3 is 10.1 Å². The van der Waals surface area contributed by atoms with Crippen LogP contribution in [0.15, 0.2) is 24.3 Å². The van der Waals surface area contributed by atoms with Crippen molar-refractivity contribution in [2.24, 2.45) is 0 Å². The van der Waals surface area contributed by atoms with E-state index >= 15 is 0 Å². The molecular formula is C16H23NO2. The molecule has 1 fully saturated rings. The zero-order valence-corrected chi connectivity index (χ0v) is 12.0. The molecule has 1 aliphatic heterocycles. The average molecular weight is 261 g/mol. The number of nitrogens with one attached hydrogen (secondary N) is 1. The molecule has 0 spiro atoms. The highest BCUT2D eigenvalue weighted by molar-refractivity contribution is 5.94. The fourth-order valence-corrected chi connectivity index (χ4v) is 2.24. The maximum absolute atomic E-state index is 12.0. The van der Waals surface area contributed by atoms with E-state index in [4.69, 9.17) is 4.74 Å². The van der Waals surface area contributed by atoms with Gasteiger partial charge in [-0.2, -0.15) is 0 Å². The molecule has 1 aromatic carbocycles. The Morgan fingerprint density at radius 2 is 2.00 bits per heavy atom. The van der Waals surface area contributed by atoms with E-state index in [1.807, 2.05) is 24.3 Å². The summed E-state index contributed by atoms with van der Waals surface area (Å²) in [6.07, 6.45) is 2.34. The molecule has 3 nitrogen and oxygen atoms in total. The molecule has 1 atom stereocenters. The molecule has 1 saturated heterocycles. The average Bonchev–Trinajstić information content (AvgIpc) is 2.88. The Bertz CT molecular complexity index is 425. The van der Waals surface area contributed by atoms with Gasteiger partial charge in [-0.25, -0.2) is 0 Å². The SMILES string of the molecule is CC(C)(C)c1ccc(C(=O)NC[C@@H]2CCCO2)cc1. The first-order valence-corrected chi connectivity index (χ1v) is 6.97. The smallest absolute Gasteiger partial charge is 0.251 e. The standard InChI is InChI=1S/C16H23NO2/c1-16(2,3)13-8-6-12(7-9-13)15(18)17-11-14-5-4-10-19-14/h6-9,14H,4-5,10-11H2,1-3H3,(H,17,18)/t14-/m0/s1. The van der Waals surface area contributed by atoms with Crippen LogP contribution in [0.25, 0.3) is 0 Å². The second-order valence-corrected chi connectivity index (χ2v) is 6.17. The van der Waals surface area contributed by atoms with E-state index in [1.165, 1.54) is 5.56 Å². The molecular weight excluding hydrogens is 238 g/mol. The van der Waals surface area contributed by atoms with Crippen LogP contribution in [0, 0.1) is 0 Å². The zero-order chi connectivity index (χ0) is 13.9. The van der Waals surface area contributed by atoms with Gasteiger partial charge in [-0.05, 0) is 36.0 Å². The highest BCUT2D eigenvalue weighted by Gasteiger charge is 2.17. The fourth-order valence-electron chi connectivity index (χ4n) is 2.24. The number of ether oxygens (including phenoxy) is 1. The van der Waals surface area contributed by atoms with Gasteiger partial charge in [0.25, 0.3) is 5.91 Å². The van der Waals surface area contributed by atoms with Gasteiger partial charge in [0.05, 0.1) is 6.10 Å². The van der Waals surface area contributed by atoms with Crippen molar-refractivity contribution in [1.82, 2.24) is 5.32 Å². The monoisotopic (exact) mass is 261 g/mol. The van der Waals surface area contributed by atoms with E-state index in [1.54, 1.807) is 0 Å². The second-order valence-electron chi connectivity index (χ2n) is 6.17. The molecule has 1 aromatic rings. The Kier molecular flexibility index (Phi) is 4.25. The van der Waals surface area contributed by atoms with Crippen molar-refractivity contribution < 1.29 is 9.53 Å². The largest absolute Gasteiger partial charge is 0.376 e. The van der Waals surface area contributed by atoms with Crippen LogP contribution in [0.3, 0.4) is 0 Å². The van der Waals surface area contributed by atoms with Gasteiger partial charge in [0.15, 0.2) is 0 Å². The fraction of sp³-hybridized carbons (Fsp3) is 0.562. The summed E-state index contributed by atoms with van der Waals surface area (Å²) in [4.78, 5) is 12.0. The minimum Gasteiger partial charge on any atom is -0.376 e. The molecule has 0 bridgehead atoms. The number of hydrogen-bond acceptors (Lipinski definition) is 2. The predicted octanol–water partition coefficient (Wildman–Crippen LogP) is 2.89. The Morgan fingerprint density at radius 3 is 2.53 bits per heavy atom. The van der Waals surface area contributed by atoms with Crippen molar-refractivity contribution in [2.45, 2.75) is 45.1 Å². The Hall–Kier alpha value is -1.35. The summed E-state index contributed by atoms with van der Waals surface area (Å²) in [7, 11) is 0. The van der Waals surface area contributed by atoms with Crippen molar-refractivity contribution in [2.75, 3.05) is 13.2 Å². The molecule has 0 saturated carbocycles. The minimum atomic E-state index is -0.0176. The quantitative estimate of drug-likeness (QED) is 0.908. The van der Waals surface area contributed by atoms with Crippen LogP contribution in [-0.2, 0) is 10.2 Å². The molecule has 3 heteroatoms. The van der Waals surface area contributed by atoms with E-state index in [0.717, 1.165) is 19.4 Å². The van der Waals surface area contributed by atoms with E-state index < -0.39 is 0 Å². The Balaban J connectivity index is 1.92. The van der Waals surface area contributed by atoms with E-state index in [9.17, 15) is 4.79 Å². The van der Waals surface area contributed by atoms with Crippen molar-refractivity contribution in [3.8, 4) is 0 Å². The summed E-state index contributed by atoms with van der Waals surface area (Å²) < 4.78 is 5.49. The molecule has 0 unspecified atom stereocenters. The summed E-state index contributed by atoms with van der Waals surface area (Å²) in [6.45, 7) is 7.93. The van der Waals surface area contributed by atoms with Gasteiger partial charge >= 0.3 is 0 Å². The molecule has 1 aliphatic rings. The number of rotatable bonds is 3. The first kappa shape index (κ1) is 14.1. The normalized spacial score (nSPS) is 19.4. The summed E-state index contributed by atoms with van der Waals surface area (Å²) in [5, 5.41) is 2.94. The minimum absolute atomic E-state index is 0.0176. The van der Waals surface area contributed by atoms with Crippen LogP contribution in [0.2, 0.25) is 0 Å². The number of carbonyl (C=O) groups excluding carboxylic acids is 1. The number of hydrogen-bond donors (Lipinski definition) is 1. The molecule has 19 heavy (non-hydrogen) atoms. The maximum Gasteiger partial charge on any atom is 0.251 e.